The molecule has 3 rings (SSSR count). The minimum Gasteiger partial charge on any atom is -0.394 e. The molecule has 1 atom stereocenters. The second kappa shape index (κ2) is 4.75. The van der Waals surface area contributed by atoms with E-state index in [0.29, 0.717) is 0 Å². The van der Waals surface area contributed by atoms with Crippen molar-refractivity contribution >= 4 is 10.9 Å². The Kier molecular flexibility index (Phi) is 3.10. The number of aromatic amines is 1. The number of para-hydroxylation sites is 1. The van der Waals surface area contributed by atoms with E-state index in [-0.39, 0.29) is 12.6 Å². The Labute approximate surface area is 107 Å². The van der Waals surface area contributed by atoms with Gasteiger partial charge in [-0.1, -0.05) is 18.2 Å². The molecule has 0 bridgehead atoms. The van der Waals surface area contributed by atoms with Crippen molar-refractivity contribution in [3.8, 4) is 0 Å². The van der Waals surface area contributed by atoms with Gasteiger partial charge in [0.25, 0.3) is 0 Å². The van der Waals surface area contributed by atoms with E-state index in [2.05, 4.69) is 35.0 Å². The summed E-state index contributed by atoms with van der Waals surface area (Å²) in [6, 6.07) is 8.50. The lowest BCUT2D eigenvalue weighted by Crippen LogP contribution is -2.28. The van der Waals surface area contributed by atoms with Crippen LogP contribution in [0.4, 0.5) is 0 Å². The molecule has 2 aromatic rings. The van der Waals surface area contributed by atoms with Crippen molar-refractivity contribution in [2.24, 2.45) is 0 Å². The van der Waals surface area contributed by atoms with E-state index >= 15 is 0 Å². The maximum atomic E-state index is 9.79. The summed E-state index contributed by atoms with van der Waals surface area (Å²) in [5.41, 5.74) is 3.62. The van der Waals surface area contributed by atoms with Gasteiger partial charge in [0.2, 0.25) is 0 Å². The number of H-pyrrole nitrogens is 1. The van der Waals surface area contributed by atoms with Crippen molar-refractivity contribution in [1.82, 2.24) is 9.88 Å². The number of nitrogens with one attached hydrogen (secondary N) is 1. The number of benzene rings is 1. The third kappa shape index (κ3) is 1.84. The zero-order valence-electron chi connectivity index (χ0n) is 10.8. The summed E-state index contributed by atoms with van der Waals surface area (Å²) in [6.07, 6.45) is 2.50. The van der Waals surface area contributed by atoms with E-state index in [9.17, 15) is 5.11 Å². The highest BCUT2D eigenvalue weighted by molar-refractivity contribution is 5.85. The lowest BCUT2D eigenvalue weighted by Gasteiger charge is -2.26. The molecule has 1 aliphatic heterocycles. The molecule has 1 saturated heterocycles. The minimum atomic E-state index is 0.142. The average molecular weight is 244 g/mol. The number of rotatable bonds is 3. The highest BCUT2D eigenvalue weighted by Crippen LogP contribution is 2.32. The molecular weight excluding hydrogens is 224 g/mol. The van der Waals surface area contributed by atoms with Crippen LogP contribution in [-0.4, -0.2) is 34.7 Å². The molecule has 1 unspecified atom stereocenters. The Morgan fingerprint density at radius 2 is 2.00 bits per heavy atom. The average Bonchev–Trinajstić information content (AvgIpc) is 2.99. The third-order valence-corrected chi connectivity index (χ3v) is 4.03. The molecular formula is C15H20N2O. The second-order valence-corrected chi connectivity index (χ2v) is 5.15. The van der Waals surface area contributed by atoms with Gasteiger partial charge in [0, 0.05) is 16.6 Å². The Balaban J connectivity index is 2.08. The number of aliphatic hydroxyl groups is 1. The van der Waals surface area contributed by atoms with Gasteiger partial charge in [-0.3, -0.25) is 4.90 Å². The van der Waals surface area contributed by atoms with Gasteiger partial charge in [0.15, 0.2) is 0 Å². The molecule has 96 valence electrons. The lowest BCUT2D eigenvalue weighted by molar-refractivity contribution is 0.147. The van der Waals surface area contributed by atoms with Crippen LogP contribution in [0.3, 0.4) is 0 Å². The van der Waals surface area contributed by atoms with Crippen LogP contribution in [0.1, 0.15) is 30.1 Å². The summed E-state index contributed by atoms with van der Waals surface area (Å²) in [5, 5.41) is 11.0. The summed E-state index contributed by atoms with van der Waals surface area (Å²) in [4.78, 5) is 5.83. The Hall–Kier alpha value is -1.32. The molecule has 1 aromatic carbocycles. The van der Waals surface area contributed by atoms with Crippen molar-refractivity contribution in [1.29, 1.82) is 0 Å². The molecule has 18 heavy (non-hydrogen) atoms. The lowest BCUT2D eigenvalue weighted by atomic mass is 10.0. The number of aromatic nitrogens is 1. The summed E-state index contributed by atoms with van der Waals surface area (Å²) in [6.45, 7) is 4.51. The fourth-order valence-electron chi connectivity index (χ4n) is 3.17. The van der Waals surface area contributed by atoms with Crippen LogP contribution in [0.2, 0.25) is 0 Å². The van der Waals surface area contributed by atoms with Gasteiger partial charge in [-0.15, -0.1) is 0 Å². The molecule has 0 radical (unpaired) electrons. The Bertz CT molecular complexity index is 540. The van der Waals surface area contributed by atoms with Gasteiger partial charge >= 0.3 is 0 Å². The van der Waals surface area contributed by atoms with Gasteiger partial charge in [-0.25, -0.2) is 0 Å². The van der Waals surface area contributed by atoms with Crippen LogP contribution >= 0.6 is 0 Å². The summed E-state index contributed by atoms with van der Waals surface area (Å²) in [7, 11) is 0. The predicted molar refractivity (Wildman–Crippen MR) is 73.7 cm³/mol. The minimum absolute atomic E-state index is 0.142. The normalized spacial score (nSPS) is 18.6. The molecule has 0 amide bonds. The second-order valence-electron chi connectivity index (χ2n) is 5.15. The first kappa shape index (κ1) is 11.8. The largest absolute Gasteiger partial charge is 0.394 e. The fourth-order valence-corrected chi connectivity index (χ4v) is 3.17. The van der Waals surface area contributed by atoms with Gasteiger partial charge in [0.05, 0.1) is 12.6 Å². The summed E-state index contributed by atoms with van der Waals surface area (Å²) >= 11 is 0. The van der Waals surface area contributed by atoms with E-state index < -0.39 is 0 Å². The zero-order valence-corrected chi connectivity index (χ0v) is 10.8. The number of nitrogens with zero attached hydrogens (tertiary/aromatic N) is 1. The number of aryl methyl sites for hydroxylation is 1. The Morgan fingerprint density at radius 3 is 2.72 bits per heavy atom. The molecule has 3 nitrogen and oxygen atoms in total. The Morgan fingerprint density at radius 1 is 1.28 bits per heavy atom. The highest BCUT2D eigenvalue weighted by Gasteiger charge is 2.26. The number of likely N-dealkylation sites (tertiary alicyclic amines) is 1. The first-order valence-electron chi connectivity index (χ1n) is 6.73. The van der Waals surface area contributed by atoms with Crippen molar-refractivity contribution in [3.05, 3.63) is 35.5 Å². The van der Waals surface area contributed by atoms with Crippen LogP contribution < -0.4 is 0 Å². The molecule has 3 heteroatoms. The zero-order chi connectivity index (χ0) is 12.5. The number of aliphatic hydroxyl groups excluding tert-OH is 1. The van der Waals surface area contributed by atoms with E-state index in [1.165, 1.54) is 35.0 Å². The quantitative estimate of drug-likeness (QED) is 0.871. The smallest absolute Gasteiger partial charge is 0.0629 e. The van der Waals surface area contributed by atoms with Gasteiger partial charge in [-0.05, 0) is 44.5 Å². The molecule has 2 N–H and O–H groups in total. The number of hydrogen-bond acceptors (Lipinski definition) is 2. The molecule has 1 aliphatic rings. The van der Waals surface area contributed by atoms with Crippen LogP contribution in [0.25, 0.3) is 10.9 Å². The van der Waals surface area contributed by atoms with Gasteiger partial charge < -0.3 is 10.1 Å². The van der Waals surface area contributed by atoms with Crippen molar-refractivity contribution in [3.63, 3.8) is 0 Å². The third-order valence-electron chi connectivity index (χ3n) is 4.03. The van der Waals surface area contributed by atoms with E-state index in [0.717, 1.165) is 13.1 Å². The van der Waals surface area contributed by atoms with Crippen LogP contribution in [-0.2, 0) is 0 Å². The highest BCUT2D eigenvalue weighted by atomic mass is 16.3. The fraction of sp³-hybridized carbons (Fsp3) is 0.467. The van der Waals surface area contributed by atoms with Crippen LogP contribution in [0.5, 0.6) is 0 Å². The number of hydrogen-bond donors (Lipinski definition) is 2. The molecule has 2 heterocycles. The maximum absolute atomic E-state index is 9.79. The molecule has 1 fully saturated rings. The monoisotopic (exact) mass is 244 g/mol. The van der Waals surface area contributed by atoms with Crippen molar-refractivity contribution in [2.45, 2.75) is 25.8 Å². The molecule has 0 aliphatic carbocycles. The first-order chi connectivity index (χ1) is 8.81. The topological polar surface area (TPSA) is 39.3 Å². The maximum Gasteiger partial charge on any atom is 0.0629 e. The first-order valence-corrected chi connectivity index (χ1v) is 6.73. The number of fused-ring (bicyclic) bond motifs is 1. The molecule has 0 saturated carbocycles. The van der Waals surface area contributed by atoms with Crippen molar-refractivity contribution in [2.75, 3.05) is 19.7 Å². The summed E-state index contributed by atoms with van der Waals surface area (Å²) in [5.74, 6) is 0. The van der Waals surface area contributed by atoms with Gasteiger partial charge in [0.1, 0.15) is 0 Å². The predicted octanol–water partition coefficient (Wildman–Crippen LogP) is 2.61. The molecule has 1 aromatic heterocycles. The summed E-state index contributed by atoms with van der Waals surface area (Å²) < 4.78 is 0. The van der Waals surface area contributed by atoms with Crippen LogP contribution in [0, 0.1) is 6.92 Å². The van der Waals surface area contributed by atoms with Crippen molar-refractivity contribution < 1.29 is 5.11 Å². The molecule has 0 spiro atoms. The van der Waals surface area contributed by atoms with E-state index in [1.807, 2.05) is 6.07 Å². The standard InChI is InChI=1S/C15H20N2O/c1-11-15(12-6-2-3-7-13(12)16-11)14(10-18)17-8-4-5-9-17/h2-3,6-7,14,16,18H,4-5,8-10H2,1H3. The van der Waals surface area contributed by atoms with E-state index in [4.69, 9.17) is 0 Å². The van der Waals surface area contributed by atoms with Gasteiger partial charge in [-0.2, -0.15) is 0 Å². The SMILES string of the molecule is Cc1[nH]c2ccccc2c1C(CO)N1CCCC1. The van der Waals surface area contributed by atoms with E-state index in [1.54, 1.807) is 0 Å². The van der Waals surface area contributed by atoms with Crippen LogP contribution in [0.15, 0.2) is 24.3 Å².